The monoisotopic (exact) mass is 640 g/mol. The van der Waals surface area contributed by atoms with E-state index in [2.05, 4.69) is 40.2 Å². The molecule has 6 nitrogen and oxygen atoms in total. The van der Waals surface area contributed by atoms with Gasteiger partial charge in [-0.05, 0) is 0 Å². The van der Waals surface area contributed by atoms with Gasteiger partial charge < -0.3 is 0 Å². The Hall–Kier alpha value is 0.101. The Morgan fingerprint density at radius 3 is 0.893 bits per heavy atom. The number of aliphatic hydroxyl groups excluding tert-OH is 1. The first kappa shape index (κ1) is 46.4. The molecule has 2 fully saturated rings. The molecule has 0 aromatic heterocycles. The first-order chi connectivity index (χ1) is 13.3. The van der Waals surface area contributed by atoms with Crippen molar-refractivity contribution in [2.24, 2.45) is 0 Å². The summed E-state index contributed by atoms with van der Waals surface area (Å²) in [6.45, 7) is 24.6. The van der Waals surface area contributed by atoms with Crippen LogP contribution in [-0.4, -0.2) is 9.19 Å². The molecule has 0 bridgehead atoms. The van der Waals surface area contributed by atoms with E-state index in [0.717, 1.165) is 12.8 Å². The molecule has 8 heteroatoms. The van der Waals surface area contributed by atoms with Gasteiger partial charge in [-0.15, -0.1) is 0 Å². The molecule has 0 radical (unpaired) electrons. The van der Waals surface area contributed by atoms with Crippen LogP contribution in [0.1, 0.15) is 90.4 Å². The van der Waals surface area contributed by atoms with Gasteiger partial charge >= 0.3 is 111 Å². The third-order valence-corrected chi connectivity index (χ3v) is 3.98. The van der Waals surface area contributed by atoms with Gasteiger partial charge in [-0.25, -0.2) is 0 Å². The Morgan fingerprint density at radius 1 is 0.643 bits per heavy atom. The van der Waals surface area contributed by atoms with Crippen molar-refractivity contribution >= 4 is 4.08 Å². The van der Waals surface area contributed by atoms with Crippen molar-refractivity contribution in [1.82, 2.24) is 0 Å². The van der Waals surface area contributed by atoms with Crippen LogP contribution in [0.5, 0.6) is 0 Å². The van der Waals surface area contributed by atoms with E-state index in [1.807, 2.05) is 0 Å². The van der Waals surface area contributed by atoms with E-state index < -0.39 is 0 Å². The van der Waals surface area contributed by atoms with Crippen LogP contribution in [-0.2, 0) is 68.8 Å². The van der Waals surface area contributed by atoms with E-state index >= 15 is 0 Å². The Bertz CT molecular complexity index is 283. The van der Waals surface area contributed by atoms with Crippen LogP contribution in [0.15, 0.2) is 0 Å². The number of rotatable bonds is 3. The zero-order valence-electron chi connectivity index (χ0n) is 16.6. The largest absolute Gasteiger partial charge is 0 e. The second-order valence-corrected chi connectivity index (χ2v) is 6.73. The molecular weight excluding hydrogens is 611 g/mol. The molecule has 0 heterocycles. The zero-order chi connectivity index (χ0) is 22.8. The molecule has 2 saturated carbocycles. The van der Waals surface area contributed by atoms with Gasteiger partial charge in [0.25, 0.3) is 0 Å². The maximum absolute atomic E-state index is 8.64. The molecule has 28 heavy (non-hydrogen) atoms. The molecule has 0 atom stereocenters. The molecule has 0 aromatic rings. The van der Waals surface area contributed by atoms with Gasteiger partial charge in [0, 0.05) is 26.2 Å². The molecule has 0 amide bonds. The van der Waals surface area contributed by atoms with E-state index in [-0.39, 0.29) is 26.2 Å². The first-order valence-corrected chi connectivity index (χ1v) is 9.98. The van der Waals surface area contributed by atoms with Crippen molar-refractivity contribution in [2.75, 3.05) is 0 Å². The molecule has 2 aliphatic rings. The fourth-order valence-corrected chi connectivity index (χ4v) is 2.61. The van der Waals surface area contributed by atoms with Crippen molar-refractivity contribution in [1.29, 1.82) is 0 Å². The standard InChI is InChI=1S/C5H10O.2C5H10.5CO.W.Zr/c1-2-3-4-5-6;2*1-2-4-5-3-1;5*1-2;;/h6H,2-4H2,1H3;2*1-5H2;;;;;;;. The Kier molecular flexibility index (Phi) is 118. The molecule has 156 valence electrons. The summed E-state index contributed by atoms with van der Waals surface area (Å²) in [5.41, 5.74) is 0. The fourth-order valence-electron chi connectivity index (χ4n) is 2.10. The van der Waals surface area contributed by atoms with Gasteiger partial charge in [-0.2, -0.15) is 0 Å². The van der Waals surface area contributed by atoms with Crippen molar-refractivity contribution in [3.63, 3.8) is 0 Å². The summed E-state index contributed by atoms with van der Waals surface area (Å²) in [5.74, 6) is 0. The molecule has 0 saturated heterocycles. The van der Waals surface area contributed by atoms with Crippen molar-refractivity contribution in [3.8, 4) is 0 Å². The third kappa shape index (κ3) is 82.7. The zero-order valence-corrected chi connectivity index (χ0v) is 22.0. The maximum Gasteiger partial charge on any atom is 0 e. The third-order valence-electron chi connectivity index (χ3n) is 3.24. The normalized spacial score (nSPS) is 11.1. The van der Waals surface area contributed by atoms with Crippen LogP contribution >= 0.6 is 0 Å². The van der Waals surface area contributed by atoms with Gasteiger partial charge in [-0.1, -0.05) is 64.2 Å². The summed E-state index contributed by atoms with van der Waals surface area (Å²) in [4.78, 5) is 0. The minimum Gasteiger partial charge on any atom is 0 e. The number of hydrogen-bond acceptors (Lipinski definition) is 1. The first-order valence-electron chi connectivity index (χ1n) is 8.51. The molecule has 2 aliphatic carbocycles. The van der Waals surface area contributed by atoms with E-state index in [0.29, 0.717) is 4.08 Å². The van der Waals surface area contributed by atoms with E-state index in [1.54, 1.807) is 0 Å². The van der Waals surface area contributed by atoms with Crippen LogP contribution in [0.3, 0.4) is 0 Å². The number of aliphatic hydroxyl groups is 1. The average molecular weight is 642 g/mol. The summed E-state index contributed by atoms with van der Waals surface area (Å²) in [6.07, 6.45) is 18.2. The van der Waals surface area contributed by atoms with Gasteiger partial charge in [0.15, 0.2) is 0 Å². The Labute approximate surface area is 200 Å². The Balaban J connectivity index is -0.0000000383. The van der Waals surface area contributed by atoms with E-state index in [9.17, 15) is 0 Å². The van der Waals surface area contributed by atoms with E-state index in [4.69, 9.17) is 28.4 Å². The molecule has 0 spiro atoms. The predicted octanol–water partition coefficient (Wildman–Crippen LogP) is 4.94. The predicted molar refractivity (Wildman–Crippen MR) is 92.3 cm³/mol. The van der Waals surface area contributed by atoms with Crippen molar-refractivity contribution in [3.05, 3.63) is 33.3 Å². The molecule has 1 N–H and O–H groups in total. The second kappa shape index (κ2) is 71.2. The topological polar surface area (TPSA) is 120 Å². The SMILES string of the molecule is C1CCCC1.C1CCCC1.CCCC[C](O)=[W].[C-]#[O+].[C-]#[O+].[C-]#[O+].[C-]#[O+].[C-]#[O+].[Zr]. The molecule has 0 unspecified atom stereocenters. The summed E-state index contributed by atoms with van der Waals surface area (Å²) in [5, 5.41) is 8.64. The summed E-state index contributed by atoms with van der Waals surface area (Å²) < 4.78 is 38.1. The minimum atomic E-state index is 0. The van der Waals surface area contributed by atoms with Crippen LogP contribution in [0.4, 0.5) is 0 Å². The smallest absolute Gasteiger partial charge is 0 e. The summed E-state index contributed by atoms with van der Waals surface area (Å²) in [7, 11) is 0. The average Bonchev–Trinajstić information content (AvgIpc) is 3.53. The van der Waals surface area contributed by atoms with Crippen LogP contribution in [0.2, 0.25) is 0 Å². The van der Waals surface area contributed by atoms with Crippen LogP contribution in [0.25, 0.3) is 0 Å². The molecule has 2 rings (SSSR count). The number of unbranched alkanes of at least 4 members (excludes halogenated alkanes) is 1. The molecule has 0 aliphatic heterocycles. The minimum absolute atomic E-state index is 0. The number of hydrogen-bond donors (Lipinski definition) is 1. The summed E-state index contributed by atoms with van der Waals surface area (Å²) >= 11 is 1.21. The molecular formula is C20H30O6WZr. The van der Waals surface area contributed by atoms with Gasteiger partial charge in [0.05, 0.1) is 0 Å². The van der Waals surface area contributed by atoms with Crippen molar-refractivity contribution < 1.29 is 73.9 Å². The van der Waals surface area contributed by atoms with Crippen LogP contribution < -0.4 is 0 Å². The van der Waals surface area contributed by atoms with E-state index in [1.165, 1.54) is 90.0 Å². The summed E-state index contributed by atoms with van der Waals surface area (Å²) in [6, 6.07) is 0. The van der Waals surface area contributed by atoms with Crippen molar-refractivity contribution in [2.45, 2.75) is 90.4 Å². The van der Waals surface area contributed by atoms with Gasteiger partial charge in [-0.3, -0.25) is 0 Å². The van der Waals surface area contributed by atoms with Gasteiger partial charge in [0.1, 0.15) is 0 Å². The van der Waals surface area contributed by atoms with Gasteiger partial charge in [0.2, 0.25) is 0 Å². The fraction of sp³-hybridized carbons (Fsp3) is 0.700. The maximum atomic E-state index is 8.64. The Morgan fingerprint density at radius 2 is 0.821 bits per heavy atom. The molecule has 0 aromatic carbocycles. The van der Waals surface area contributed by atoms with Crippen LogP contribution in [0, 0.1) is 33.3 Å². The quantitative estimate of drug-likeness (QED) is 0.341. The second-order valence-electron chi connectivity index (χ2n) is 5.03.